The van der Waals surface area contributed by atoms with Gasteiger partial charge in [-0.3, -0.25) is 0 Å². The van der Waals surface area contributed by atoms with Gasteiger partial charge in [0.15, 0.2) is 0 Å². The summed E-state index contributed by atoms with van der Waals surface area (Å²) in [5.74, 6) is 0. The van der Waals surface area contributed by atoms with Crippen LogP contribution in [0.1, 0.15) is 12.8 Å². The molecule has 0 aromatic heterocycles. The first-order chi connectivity index (χ1) is 3.93. The molecule has 0 aliphatic carbocycles. The third-order valence-electron chi connectivity index (χ3n) is 1.45. The van der Waals surface area contributed by atoms with E-state index in [1.165, 1.54) is 12.8 Å². The van der Waals surface area contributed by atoms with Crippen LogP contribution < -0.4 is 10.2 Å². The second-order valence-electron chi connectivity index (χ2n) is 2.15. The minimum atomic E-state index is 0.491. The molecule has 3 heteroatoms. The van der Waals surface area contributed by atoms with Gasteiger partial charge in [0.2, 0.25) is 0 Å². The highest BCUT2D eigenvalue weighted by Crippen LogP contribution is 2.00. The molecule has 0 bridgehead atoms. The largest absolute Gasteiger partial charge is 0.315 e. The van der Waals surface area contributed by atoms with E-state index in [0.717, 1.165) is 13.1 Å². The maximum Gasteiger partial charge on any atom is 0.0346 e. The van der Waals surface area contributed by atoms with Crippen molar-refractivity contribution in [3.8, 4) is 0 Å². The SMILES string of the molecule is ClNC1CCCNC1. The van der Waals surface area contributed by atoms with Crippen LogP contribution in [0.3, 0.4) is 0 Å². The molecule has 1 aliphatic heterocycles. The lowest BCUT2D eigenvalue weighted by molar-refractivity contribution is 0.438. The van der Waals surface area contributed by atoms with E-state index >= 15 is 0 Å². The molecule has 0 amide bonds. The molecule has 0 spiro atoms. The molecule has 2 nitrogen and oxygen atoms in total. The first-order valence-corrected chi connectivity index (χ1v) is 3.38. The number of rotatable bonds is 1. The van der Waals surface area contributed by atoms with Crippen LogP contribution in [0, 0.1) is 0 Å². The maximum atomic E-state index is 5.39. The normalized spacial score (nSPS) is 30.4. The number of nitrogens with one attached hydrogen (secondary N) is 2. The summed E-state index contributed by atoms with van der Waals surface area (Å²) >= 11 is 5.39. The number of hydrogen-bond acceptors (Lipinski definition) is 2. The van der Waals surface area contributed by atoms with Crippen LogP contribution in [0.4, 0.5) is 0 Å². The second kappa shape index (κ2) is 3.28. The summed E-state index contributed by atoms with van der Waals surface area (Å²) in [4.78, 5) is 2.71. The monoisotopic (exact) mass is 134 g/mol. The molecule has 1 saturated heterocycles. The number of piperidine rings is 1. The fourth-order valence-corrected chi connectivity index (χ4v) is 1.13. The van der Waals surface area contributed by atoms with Gasteiger partial charge >= 0.3 is 0 Å². The first-order valence-electron chi connectivity index (χ1n) is 3.00. The van der Waals surface area contributed by atoms with E-state index < -0.39 is 0 Å². The van der Waals surface area contributed by atoms with E-state index in [4.69, 9.17) is 11.8 Å². The highest BCUT2D eigenvalue weighted by molar-refractivity contribution is 6.13. The van der Waals surface area contributed by atoms with Crippen molar-refractivity contribution in [2.24, 2.45) is 0 Å². The Morgan fingerprint density at radius 3 is 2.88 bits per heavy atom. The van der Waals surface area contributed by atoms with E-state index in [-0.39, 0.29) is 0 Å². The number of hydrogen-bond donors (Lipinski definition) is 2. The molecule has 1 unspecified atom stereocenters. The Kier molecular flexibility index (Phi) is 2.59. The smallest absolute Gasteiger partial charge is 0.0346 e. The lowest BCUT2D eigenvalue weighted by atomic mass is 10.1. The van der Waals surface area contributed by atoms with E-state index in [9.17, 15) is 0 Å². The average molecular weight is 135 g/mol. The fourth-order valence-electron chi connectivity index (χ4n) is 0.945. The van der Waals surface area contributed by atoms with Gasteiger partial charge in [0.25, 0.3) is 0 Å². The molecular weight excluding hydrogens is 124 g/mol. The van der Waals surface area contributed by atoms with Gasteiger partial charge in [-0.05, 0) is 31.2 Å². The molecule has 8 heavy (non-hydrogen) atoms. The van der Waals surface area contributed by atoms with Crippen molar-refractivity contribution < 1.29 is 0 Å². The quantitative estimate of drug-likeness (QED) is 0.510. The summed E-state index contributed by atoms with van der Waals surface area (Å²) in [5.41, 5.74) is 0. The van der Waals surface area contributed by atoms with E-state index in [1.54, 1.807) is 0 Å². The average Bonchev–Trinajstić information content (AvgIpc) is 1.90. The van der Waals surface area contributed by atoms with Crippen molar-refractivity contribution in [3.63, 3.8) is 0 Å². The van der Waals surface area contributed by atoms with Gasteiger partial charge in [-0.1, -0.05) is 0 Å². The van der Waals surface area contributed by atoms with Crippen LogP contribution in [-0.4, -0.2) is 19.1 Å². The zero-order valence-corrected chi connectivity index (χ0v) is 5.54. The molecule has 1 aliphatic rings. The van der Waals surface area contributed by atoms with Gasteiger partial charge in [0.1, 0.15) is 0 Å². The molecular formula is C5H11ClN2. The van der Waals surface area contributed by atoms with Gasteiger partial charge < -0.3 is 5.32 Å². The van der Waals surface area contributed by atoms with Crippen molar-refractivity contribution in [2.75, 3.05) is 13.1 Å². The first kappa shape index (κ1) is 6.33. The van der Waals surface area contributed by atoms with E-state index in [2.05, 4.69) is 10.2 Å². The maximum absolute atomic E-state index is 5.39. The molecule has 0 saturated carbocycles. The van der Waals surface area contributed by atoms with Crippen LogP contribution in [0.25, 0.3) is 0 Å². The Labute approximate surface area is 54.7 Å². The van der Waals surface area contributed by atoms with Gasteiger partial charge in [-0.2, -0.15) is 0 Å². The van der Waals surface area contributed by atoms with Crippen molar-refractivity contribution in [2.45, 2.75) is 18.9 Å². The van der Waals surface area contributed by atoms with Gasteiger partial charge in [0.05, 0.1) is 0 Å². The Balaban J connectivity index is 2.13. The minimum absolute atomic E-state index is 0.491. The summed E-state index contributed by atoms with van der Waals surface area (Å²) in [6.45, 7) is 2.17. The highest BCUT2D eigenvalue weighted by Gasteiger charge is 2.09. The minimum Gasteiger partial charge on any atom is -0.315 e. The van der Waals surface area contributed by atoms with Crippen LogP contribution >= 0.6 is 11.8 Å². The summed E-state index contributed by atoms with van der Waals surface area (Å²) in [6, 6.07) is 0.491. The predicted octanol–water partition coefficient (Wildman–Crippen LogP) is 0.482. The molecule has 1 fully saturated rings. The molecule has 2 N–H and O–H groups in total. The van der Waals surface area contributed by atoms with Gasteiger partial charge in [-0.15, -0.1) is 0 Å². The van der Waals surface area contributed by atoms with E-state index in [0.29, 0.717) is 6.04 Å². The van der Waals surface area contributed by atoms with Gasteiger partial charge in [0, 0.05) is 12.6 Å². The Hall–Kier alpha value is 0.210. The molecule has 1 rings (SSSR count). The molecule has 0 aromatic carbocycles. The standard InChI is InChI=1S/C5H11ClN2/c6-8-5-2-1-3-7-4-5/h5,7-8H,1-4H2. The van der Waals surface area contributed by atoms with Crippen LogP contribution in [0.15, 0.2) is 0 Å². The van der Waals surface area contributed by atoms with Crippen molar-refractivity contribution in [3.05, 3.63) is 0 Å². The highest BCUT2D eigenvalue weighted by atomic mass is 35.5. The summed E-state index contributed by atoms with van der Waals surface area (Å²) in [7, 11) is 0. The molecule has 1 atom stereocenters. The van der Waals surface area contributed by atoms with Crippen molar-refractivity contribution in [1.29, 1.82) is 0 Å². The molecule has 48 valence electrons. The Morgan fingerprint density at radius 1 is 1.62 bits per heavy atom. The summed E-state index contributed by atoms with van der Waals surface area (Å²) in [5, 5.41) is 3.24. The van der Waals surface area contributed by atoms with Gasteiger partial charge in [-0.25, -0.2) is 4.84 Å². The fraction of sp³-hybridized carbons (Fsp3) is 1.00. The Morgan fingerprint density at radius 2 is 2.50 bits per heavy atom. The lowest BCUT2D eigenvalue weighted by Crippen LogP contribution is -2.39. The molecule has 0 radical (unpaired) electrons. The van der Waals surface area contributed by atoms with Crippen molar-refractivity contribution in [1.82, 2.24) is 10.2 Å². The van der Waals surface area contributed by atoms with Crippen LogP contribution in [0.5, 0.6) is 0 Å². The van der Waals surface area contributed by atoms with Crippen LogP contribution in [0.2, 0.25) is 0 Å². The third-order valence-corrected chi connectivity index (χ3v) is 1.76. The van der Waals surface area contributed by atoms with E-state index in [1.807, 2.05) is 0 Å². The third kappa shape index (κ3) is 1.62. The summed E-state index contributed by atoms with van der Waals surface area (Å²) in [6.07, 6.45) is 2.45. The Bertz CT molecular complexity index is 61.4. The molecule has 1 heterocycles. The summed E-state index contributed by atoms with van der Waals surface area (Å²) < 4.78 is 0. The second-order valence-corrected chi connectivity index (χ2v) is 2.37. The zero-order valence-electron chi connectivity index (χ0n) is 4.78. The lowest BCUT2D eigenvalue weighted by Gasteiger charge is -2.20. The van der Waals surface area contributed by atoms with Crippen LogP contribution in [-0.2, 0) is 0 Å². The van der Waals surface area contributed by atoms with Crippen molar-refractivity contribution >= 4 is 11.8 Å². The zero-order chi connectivity index (χ0) is 5.82. The molecule has 0 aromatic rings. The number of halogens is 1. The topological polar surface area (TPSA) is 24.1 Å². The predicted molar refractivity (Wildman–Crippen MR) is 34.9 cm³/mol.